The molecule has 1 atom stereocenters. The summed E-state index contributed by atoms with van der Waals surface area (Å²) in [4.78, 5) is 19.0. The first kappa shape index (κ1) is 15.8. The molecule has 1 saturated heterocycles. The Morgan fingerprint density at radius 2 is 2.04 bits per heavy atom. The lowest BCUT2D eigenvalue weighted by Gasteiger charge is -2.31. The smallest absolute Gasteiger partial charge is 0.257 e. The molecule has 4 rings (SSSR count). The fourth-order valence-corrected chi connectivity index (χ4v) is 4.19. The van der Waals surface area contributed by atoms with E-state index in [0.717, 1.165) is 29.4 Å². The van der Waals surface area contributed by atoms with Crippen molar-refractivity contribution in [1.29, 1.82) is 0 Å². The molecular formula is C18H20BrN3O2. The first-order chi connectivity index (χ1) is 11.7. The molecule has 1 saturated carbocycles. The zero-order valence-corrected chi connectivity index (χ0v) is 15.0. The van der Waals surface area contributed by atoms with Crippen LogP contribution in [0.1, 0.15) is 50.3 Å². The molecule has 1 aromatic heterocycles. The van der Waals surface area contributed by atoms with Gasteiger partial charge in [0.15, 0.2) is 5.82 Å². The Hall–Kier alpha value is -1.69. The topological polar surface area (TPSA) is 59.2 Å². The van der Waals surface area contributed by atoms with Gasteiger partial charge in [-0.1, -0.05) is 46.4 Å². The van der Waals surface area contributed by atoms with Gasteiger partial charge in [0.05, 0.1) is 0 Å². The minimum atomic E-state index is 0.0454. The molecule has 2 heterocycles. The maximum Gasteiger partial charge on any atom is 0.257 e. The molecule has 1 amide bonds. The van der Waals surface area contributed by atoms with E-state index in [1.165, 1.54) is 19.3 Å². The van der Waals surface area contributed by atoms with Crippen molar-refractivity contribution in [2.75, 3.05) is 6.54 Å². The van der Waals surface area contributed by atoms with E-state index in [1.54, 1.807) is 0 Å². The second-order valence-corrected chi connectivity index (χ2v) is 7.62. The highest BCUT2D eigenvalue weighted by Crippen LogP contribution is 2.33. The third-order valence-electron chi connectivity index (χ3n) is 5.05. The van der Waals surface area contributed by atoms with Crippen LogP contribution in [0.2, 0.25) is 0 Å². The molecule has 126 valence electrons. The van der Waals surface area contributed by atoms with E-state index >= 15 is 0 Å². The number of nitrogens with zero attached hydrogens (tertiary/aromatic N) is 3. The highest BCUT2D eigenvalue weighted by molar-refractivity contribution is 9.10. The van der Waals surface area contributed by atoms with Gasteiger partial charge in [0, 0.05) is 35.0 Å². The highest BCUT2D eigenvalue weighted by Gasteiger charge is 2.37. The second kappa shape index (κ2) is 6.67. The van der Waals surface area contributed by atoms with Gasteiger partial charge in [0.1, 0.15) is 0 Å². The first-order valence-corrected chi connectivity index (χ1v) is 9.39. The van der Waals surface area contributed by atoms with Crippen LogP contribution in [0.3, 0.4) is 0 Å². The fraction of sp³-hybridized carbons (Fsp3) is 0.500. The molecule has 1 aliphatic heterocycles. The lowest BCUT2D eigenvalue weighted by atomic mass is 9.94. The van der Waals surface area contributed by atoms with Gasteiger partial charge in [0.2, 0.25) is 5.91 Å². The van der Waals surface area contributed by atoms with E-state index in [2.05, 4.69) is 31.0 Å². The van der Waals surface area contributed by atoms with Gasteiger partial charge in [-0.3, -0.25) is 4.79 Å². The van der Waals surface area contributed by atoms with Crippen molar-refractivity contribution >= 4 is 21.8 Å². The SMILES string of the molecule is O=C1CC(c2noc(-c3cccc(Br)c3)n2)CN1C1CCCCC1. The number of likely N-dealkylation sites (tertiary alicyclic amines) is 1. The molecule has 1 unspecified atom stereocenters. The van der Waals surface area contributed by atoms with Crippen LogP contribution in [-0.4, -0.2) is 33.5 Å². The van der Waals surface area contributed by atoms with Crippen molar-refractivity contribution in [1.82, 2.24) is 15.0 Å². The van der Waals surface area contributed by atoms with Crippen LogP contribution in [0.4, 0.5) is 0 Å². The van der Waals surface area contributed by atoms with Gasteiger partial charge in [-0.25, -0.2) is 0 Å². The Kier molecular flexibility index (Phi) is 4.39. The number of halogens is 1. The van der Waals surface area contributed by atoms with Crippen molar-refractivity contribution in [3.63, 3.8) is 0 Å². The van der Waals surface area contributed by atoms with Gasteiger partial charge in [-0.05, 0) is 31.0 Å². The maximum absolute atomic E-state index is 12.4. The number of amides is 1. The minimum absolute atomic E-state index is 0.0454. The Labute approximate surface area is 149 Å². The zero-order valence-electron chi connectivity index (χ0n) is 13.4. The average molecular weight is 390 g/mol. The summed E-state index contributed by atoms with van der Waals surface area (Å²) in [6.07, 6.45) is 6.52. The van der Waals surface area contributed by atoms with Crippen LogP contribution in [0.25, 0.3) is 11.5 Å². The summed E-state index contributed by atoms with van der Waals surface area (Å²) < 4.78 is 6.39. The molecule has 1 aromatic carbocycles. The summed E-state index contributed by atoms with van der Waals surface area (Å²) in [5.74, 6) is 1.44. The van der Waals surface area contributed by atoms with E-state index < -0.39 is 0 Å². The summed E-state index contributed by atoms with van der Waals surface area (Å²) in [6.45, 7) is 0.723. The van der Waals surface area contributed by atoms with E-state index in [9.17, 15) is 4.79 Å². The predicted octanol–water partition coefficient (Wildman–Crippen LogP) is 4.15. The summed E-state index contributed by atoms with van der Waals surface area (Å²) in [7, 11) is 0. The molecule has 2 aliphatic rings. The van der Waals surface area contributed by atoms with Crippen molar-refractivity contribution in [3.8, 4) is 11.5 Å². The number of aromatic nitrogens is 2. The molecule has 1 aliphatic carbocycles. The zero-order chi connectivity index (χ0) is 16.5. The minimum Gasteiger partial charge on any atom is -0.339 e. The second-order valence-electron chi connectivity index (χ2n) is 6.71. The van der Waals surface area contributed by atoms with Crippen molar-refractivity contribution in [3.05, 3.63) is 34.6 Å². The molecular weight excluding hydrogens is 370 g/mol. The standard InChI is InChI=1S/C18H20BrN3O2/c19-14-6-4-5-12(9-14)18-20-17(21-24-18)13-10-16(23)22(11-13)15-7-2-1-3-8-15/h4-6,9,13,15H,1-3,7-8,10-11H2. The van der Waals surface area contributed by atoms with Crippen LogP contribution < -0.4 is 0 Å². The monoisotopic (exact) mass is 389 g/mol. The van der Waals surface area contributed by atoms with E-state index in [1.807, 2.05) is 24.3 Å². The first-order valence-electron chi connectivity index (χ1n) is 8.60. The van der Waals surface area contributed by atoms with Gasteiger partial charge < -0.3 is 9.42 Å². The molecule has 0 bridgehead atoms. The number of rotatable bonds is 3. The Morgan fingerprint density at radius 1 is 1.21 bits per heavy atom. The van der Waals surface area contributed by atoms with Crippen molar-refractivity contribution in [2.24, 2.45) is 0 Å². The van der Waals surface area contributed by atoms with Crippen LogP contribution >= 0.6 is 15.9 Å². The molecule has 0 spiro atoms. The third kappa shape index (κ3) is 3.11. The summed E-state index contributed by atoms with van der Waals surface area (Å²) >= 11 is 3.45. The molecule has 5 nitrogen and oxygen atoms in total. The predicted molar refractivity (Wildman–Crippen MR) is 93.4 cm³/mol. The van der Waals surface area contributed by atoms with E-state index in [-0.39, 0.29) is 11.8 Å². The number of carbonyl (C=O) groups is 1. The van der Waals surface area contributed by atoms with Crippen LogP contribution in [0.15, 0.2) is 33.3 Å². The number of hydrogen-bond donors (Lipinski definition) is 0. The van der Waals surface area contributed by atoms with E-state index in [0.29, 0.717) is 24.2 Å². The molecule has 2 fully saturated rings. The van der Waals surface area contributed by atoms with Crippen LogP contribution in [0, 0.1) is 0 Å². The highest BCUT2D eigenvalue weighted by atomic mass is 79.9. The Balaban J connectivity index is 1.50. The van der Waals surface area contributed by atoms with Crippen LogP contribution in [0.5, 0.6) is 0 Å². The molecule has 0 N–H and O–H groups in total. The van der Waals surface area contributed by atoms with Gasteiger partial charge in [0.25, 0.3) is 5.89 Å². The van der Waals surface area contributed by atoms with Crippen molar-refractivity contribution < 1.29 is 9.32 Å². The summed E-state index contributed by atoms with van der Waals surface area (Å²) in [5, 5.41) is 4.14. The maximum atomic E-state index is 12.4. The average Bonchev–Trinajstić information content (AvgIpc) is 3.22. The van der Waals surface area contributed by atoms with Crippen LogP contribution in [-0.2, 0) is 4.79 Å². The third-order valence-corrected chi connectivity index (χ3v) is 5.55. The molecule has 24 heavy (non-hydrogen) atoms. The van der Waals surface area contributed by atoms with Gasteiger partial charge in [-0.2, -0.15) is 4.98 Å². The van der Waals surface area contributed by atoms with Gasteiger partial charge in [-0.15, -0.1) is 0 Å². The quantitative estimate of drug-likeness (QED) is 0.790. The van der Waals surface area contributed by atoms with Gasteiger partial charge >= 0.3 is 0 Å². The number of hydrogen-bond acceptors (Lipinski definition) is 4. The fourth-order valence-electron chi connectivity index (χ4n) is 3.79. The van der Waals surface area contributed by atoms with E-state index in [4.69, 9.17) is 4.52 Å². The lowest BCUT2D eigenvalue weighted by molar-refractivity contribution is -0.130. The van der Waals surface area contributed by atoms with Crippen molar-refractivity contribution in [2.45, 2.75) is 50.5 Å². The Morgan fingerprint density at radius 3 is 2.83 bits per heavy atom. The Bertz CT molecular complexity index is 739. The molecule has 0 radical (unpaired) electrons. The summed E-state index contributed by atoms with van der Waals surface area (Å²) in [6, 6.07) is 8.19. The number of carbonyl (C=O) groups excluding carboxylic acids is 1. The number of benzene rings is 1. The molecule has 6 heteroatoms. The largest absolute Gasteiger partial charge is 0.339 e. The molecule has 2 aromatic rings. The summed E-state index contributed by atoms with van der Waals surface area (Å²) in [5.41, 5.74) is 0.886. The normalized spacial score (nSPS) is 22.3. The lowest BCUT2D eigenvalue weighted by Crippen LogP contribution is -2.37.